The number of aliphatic hydroxyl groups excluding tert-OH is 1. The highest BCUT2D eigenvalue weighted by atomic mass is 16.5. The molecule has 1 amide bonds. The van der Waals surface area contributed by atoms with Gasteiger partial charge in [-0.15, -0.1) is 0 Å². The number of hydrogen-bond donors (Lipinski definition) is 1. The zero-order chi connectivity index (χ0) is 21.9. The average molecular weight is 436 g/mol. The van der Waals surface area contributed by atoms with Crippen LogP contribution in [0.25, 0.3) is 0 Å². The number of aliphatic hydroxyl groups is 1. The van der Waals surface area contributed by atoms with E-state index in [4.69, 9.17) is 4.74 Å². The number of fused-ring (bicyclic) bond motifs is 2. The number of benzene rings is 2. The van der Waals surface area contributed by atoms with Crippen LogP contribution in [0.5, 0.6) is 5.75 Å². The second kappa shape index (κ2) is 9.61. The van der Waals surface area contributed by atoms with E-state index in [0.717, 1.165) is 39.1 Å². The molecule has 0 unspecified atom stereocenters. The van der Waals surface area contributed by atoms with Crippen molar-refractivity contribution < 1.29 is 14.6 Å². The van der Waals surface area contributed by atoms with Crippen LogP contribution in [0.3, 0.4) is 0 Å². The predicted molar refractivity (Wildman–Crippen MR) is 124 cm³/mol. The van der Waals surface area contributed by atoms with Gasteiger partial charge < -0.3 is 14.7 Å². The summed E-state index contributed by atoms with van der Waals surface area (Å²) >= 11 is 0. The van der Waals surface area contributed by atoms with Crippen LogP contribution < -0.4 is 4.74 Å². The lowest BCUT2D eigenvalue weighted by Gasteiger charge is -2.32. The lowest BCUT2D eigenvalue weighted by atomic mass is 10.00. The van der Waals surface area contributed by atoms with Gasteiger partial charge in [-0.3, -0.25) is 14.6 Å². The van der Waals surface area contributed by atoms with Gasteiger partial charge in [0.1, 0.15) is 12.4 Å². The van der Waals surface area contributed by atoms with Crippen LogP contribution in [0.2, 0.25) is 0 Å². The van der Waals surface area contributed by atoms with E-state index in [2.05, 4.69) is 34.1 Å². The van der Waals surface area contributed by atoms with E-state index in [1.54, 1.807) is 4.90 Å². The number of nitrogens with zero attached hydrogens (tertiary/aromatic N) is 3. The summed E-state index contributed by atoms with van der Waals surface area (Å²) in [6.07, 6.45) is 2.95. The van der Waals surface area contributed by atoms with Crippen molar-refractivity contribution in [3.8, 4) is 5.75 Å². The van der Waals surface area contributed by atoms with Crippen molar-refractivity contribution in [1.29, 1.82) is 0 Å². The lowest BCUT2D eigenvalue weighted by Crippen LogP contribution is -2.44. The maximum Gasteiger partial charge on any atom is 0.257 e. The van der Waals surface area contributed by atoms with Gasteiger partial charge in [0.2, 0.25) is 0 Å². The van der Waals surface area contributed by atoms with Crippen molar-refractivity contribution in [3.63, 3.8) is 0 Å². The summed E-state index contributed by atoms with van der Waals surface area (Å²) < 4.78 is 5.95. The molecule has 1 atom stereocenters. The smallest absolute Gasteiger partial charge is 0.257 e. The van der Waals surface area contributed by atoms with E-state index in [9.17, 15) is 9.90 Å². The first kappa shape index (κ1) is 21.4. The molecule has 2 aromatic rings. The summed E-state index contributed by atoms with van der Waals surface area (Å²) in [6, 6.07) is 14.5. The van der Waals surface area contributed by atoms with Crippen LogP contribution in [0.4, 0.5) is 0 Å². The van der Waals surface area contributed by atoms with E-state index in [-0.39, 0.29) is 5.91 Å². The Labute approximate surface area is 190 Å². The minimum Gasteiger partial charge on any atom is -0.491 e. The second-order valence-corrected chi connectivity index (χ2v) is 9.32. The van der Waals surface area contributed by atoms with Gasteiger partial charge in [-0.25, -0.2) is 0 Å². The quantitative estimate of drug-likeness (QED) is 0.756. The van der Waals surface area contributed by atoms with Gasteiger partial charge in [0.05, 0.1) is 18.2 Å². The number of β-amino-alcohol motifs (C(OH)–C–C–N with tert-alkyl or cyclic N) is 1. The summed E-state index contributed by atoms with van der Waals surface area (Å²) in [7, 11) is 0. The number of carbonyl (C=O) groups is 1. The third-order valence-corrected chi connectivity index (χ3v) is 6.90. The van der Waals surface area contributed by atoms with E-state index in [0.29, 0.717) is 37.6 Å². The molecular weight excluding hydrogens is 402 g/mol. The summed E-state index contributed by atoms with van der Waals surface area (Å²) in [4.78, 5) is 19.7. The van der Waals surface area contributed by atoms with E-state index >= 15 is 0 Å². The fraction of sp³-hybridized carbons (Fsp3) is 0.500. The Balaban J connectivity index is 1.20. The van der Waals surface area contributed by atoms with Crippen LogP contribution in [0, 0.1) is 0 Å². The van der Waals surface area contributed by atoms with Crippen molar-refractivity contribution in [2.75, 3.05) is 45.9 Å². The molecule has 0 aliphatic carbocycles. The number of carbonyl (C=O) groups excluding carboxylic acids is 1. The Bertz CT molecular complexity index is 957. The van der Waals surface area contributed by atoms with Crippen molar-refractivity contribution in [1.82, 2.24) is 14.7 Å². The largest absolute Gasteiger partial charge is 0.491 e. The van der Waals surface area contributed by atoms with Crippen molar-refractivity contribution in [3.05, 3.63) is 64.7 Å². The van der Waals surface area contributed by atoms with Crippen molar-refractivity contribution >= 4 is 5.91 Å². The molecule has 1 saturated heterocycles. The Hall–Kier alpha value is -2.41. The number of amides is 1. The molecule has 5 rings (SSSR count). The average Bonchev–Trinajstić information content (AvgIpc) is 3.26. The van der Waals surface area contributed by atoms with E-state index in [1.807, 2.05) is 18.2 Å². The van der Waals surface area contributed by atoms with Crippen LogP contribution >= 0.6 is 0 Å². The maximum absolute atomic E-state index is 13.2. The molecule has 2 aromatic carbocycles. The topological polar surface area (TPSA) is 56.3 Å². The molecule has 0 radical (unpaired) electrons. The highest BCUT2D eigenvalue weighted by Crippen LogP contribution is 2.26. The molecular formula is C26H33N3O3. The Morgan fingerprint density at radius 3 is 2.59 bits per heavy atom. The van der Waals surface area contributed by atoms with E-state index < -0.39 is 6.10 Å². The summed E-state index contributed by atoms with van der Waals surface area (Å²) in [5.41, 5.74) is 4.53. The Morgan fingerprint density at radius 1 is 0.938 bits per heavy atom. The lowest BCUT2D eigenvalue weighted by molar-refractivity contribution is 0.0501. The van der Waals surface area contributed by atoms with Gasteiger partial charge in [0.15, 0.2) is 0 Å². The number of ether oxygens (including phenoxy) is 1. The molecule has 1 fully saturated rings. The summed E-state index contributed by atoms with van der Waals surface area (Å²) in [5, 5.41) is 10.8. The fourth-order valence-electron chi connectivity index (χ4n) is 5.19. The fourth-order valence-corrected chi connectivity index (χ4v) is 5.19. The summed E-state index contributed by atoms with van der Waals surface area (Å²) in [5.74, 6) is 0.629. The van der Waals surface area contributed by atoms with Gasteiger partial charge >= 0.3 is 0 Å². The molecule has 1 N–H and O–H groups in total. The van der Waals surface area contributed by atoms with Crippen molar-refractivity contribution in [2.24, 2.45) is 0 Å². The molecule has 3 heterocycles. The third-order valence-electron chi connectivity index (χ3n) is 6.90. The zero-order valence-corrected chi connectivity index (χ0v) is 18.7. The van der Waals surface area contributed by atoms with Crippen LogP contribution in [-0.4, -0.2) is 77.7 Å². The molecule has 170 valence electrons. The number of hydrogen-bond acceptors (Lipinski definition) is 5. The first-order valence-corrected chi connectivity index (χ1v) is 11.9. The minimum atomic E-state index is -0.583. The van der Waals surface area contributed by atoms with Gasteiger partial charge in [-0.05, 0) is 61.2 Å². The van der Waals surface area contributed by atoms with Gasteiger partial charge in [-0.1, -0.05) is 30.3 Å². The standard InChI is InChI=1S/C26H33N3O3/c30-23(18-28-12-9-21-5-1-2-6-22(21)17-28)19-29-13-14-32-25-15-20(7-8-24(25)26(29)31)16-27-10-3-4-11-27/h1-2,5-8,15,23,30H,3-4,9-14,16-19H2/t23-/m1/s1. The molecule has 0 bridgehead atoms. The predicted octanol–water partition coefficient (Wildman–Crippen LogP) is 2.54. The van der Waals surface area contributed by atoms with Gasteiger partial charge in [0, 0.05) is 32.7 Å². The summed E-state index contributed by atoms with van der Waals surface area (Å²) in [6.45, 7) is 6.84. The van der Waals surface area contributed by atoms with Crippen LogP contribution in [0.1, 0.15) is 39.9 Å². The first-order valence-electron chi connectivity index (χ1n) is 11.9. The van der Waals surface area contributed by atoms with Gasteiger partial charge in [0.25, 0.3) is 5.91 Å². The molecule has 0 aromatic heterocycles. The SMILES string of the molecule is O=C1c2ccc(CN3CCCC3)cc2OCCN1C[C@H](O)CN1CCc2ccccc2C1. The molecule has 3 aliphatic heterocycles. The van der Waals surface area contributed by atoms with Gasteiger partial charge in [-0.2, -0.15) is 0 Å². The first-order chi connectivity index (χ1) is 15.7. The Kier molecular flexibility index (Phi) is 6.44. The zero-order valence-electron chi connectivity index (χ0n) is 18.7. The molecule has 6 nitrogen and oxygen atoms in total. The highest BCUT2D eigenvalue weighted by Gasteiger charge is 2.27. The number of rotatable bonds is 6. The van der Waals surface area contributed by atoms with Crippen LogP contribution in [-0.2, 0) is 19.5 Å². The molecule has 6 heteroatoms. The minimum absolute atomic E-state index is 0.0479. The second-order valence-electron chi connectivity index (χ2n) is 9.32. The molecule has 32 heavy (non-hydrogen) atoms. The molecule has 0 saturated carbocycles. The monoisotopic (exact) mass is 435 g/mol. The molecule has 3 aliphatic rings. The van der Waals surface area contributed by atoms with Crippen molar-refractivity contribution in [2.45, 2.75) is 38.5 Å². The maximum atomic E-state index is 13.2. The normalized spacial score (nSPS) is 20.4. The highest BCUT2D eigenvalue weighted by molar-refractivity contribution is 5.97. The molecule has 0 spiro atoms. The third kappa shape index (κ3) is 4.82. The number of likely N-dealkylation sites (tertiary alicyclic amines) is 1. The van der Waals surface area contributed by atoms with Crippen LogP contribution in [0.15, 0.2) is 42.5 Å². The Morgan fingerprint density at radius 2 is 1.75 bits per heavy atom. The van der Waals surface area contributed by atoms with E-state index in [1.165, 1.54) is 29.5 Å².